The van der Waals surface area contributed by atoms with Gasteiger partial charge < -0.3 is 14.9 Å². The van der Waals surface area contributed by atoms with Gasteiger partial charge in [-0.2, -0.15) is 0 Å². The molecule has 1 aromatic carbocycles. The molecular weight excluding hydrogens is 262 g/mol. The number of benzene rings is 1. The Morgan fingerprint density at radius 1 is 1.35 bits per heavy atom. The van der Waals surface area contributed by atoms with Gasteiger partial charge in [0.05, 0.1) is 16.2 Å². The number of hydrogen-bond acceptors (Lipinski definition) is 5. The SMILES string of the molecule is CCN1CCN(c2cc([N+](=O)[O-])ccc2C(=O)O)CC1. The lowest BCUT2D eigenvalue weighted by atomic mass is 10.1. The van der Waals surface area contributed by atoms with E-state index in [1.165, 1.54) is 18.2 Å². The molecule has 7 nitrogen and oxygen atoms in total. The topological polar surface area (TPSA) is 86.9 Å². The molecule has 7 heteroatoms. The Labute approximate surface area is 116 Å². The van der Waals surface area contributed by atoms with E-state index >= 15 is 0 Å². The fourth-order valence-electron chi connectivity index (χ4n) is 2.38. The molecule has 1 N–H and O–H groups in total. The zero-order valence-corrected chi connectivity index (χ0v) is 11.3. The highest BCUT2D eigenvalue weighted by atomic mass is 16.6. The monoisotopic (exact) mass is 279 g/mol. The van der Waals surface area contributed by atoms with Crippen LogP contribution < -0.4 is 4.90 Å². The van der Waals surface area contributed by atoms with Crippen molar-refractivity contribution < 1.29 is 14.8 Å². The summed E-state index contributed by atoms with van der Waals surface area (Å²) in [5.41, 5.74) is 0.464. The molecule has 0 bridgehead atoms. The third kappa shape index (κ3) is 2.88. The van der Waals surface area contributed by atoms with Crippen molar-refractivity contribution in [2.75, 3.05) is 37.6 Å². The van der Waals surface area contributed by atoms with E-state index in [1.807, 2.05) is 4.90 Å². The maximum Gasteiger partial charge on any atom is 0.337 e. The van der Waals surface area contributed by atoms with Crippen LogP contribution in [0.1, 0.15) is 17.3 Å². The van der Waals surface area contributed by atoms with Crippen molar-refractivity contribution >= 4 is 17.3 Å². The molecule has 0 atom stereocenters. The maximum atomic E-state index is 11.3. The lowest BCUT2D eigenvalue weighted by molar-refractivity contribution is -0.384. The van der Waals surface area contributed by atoms with E-state index in [0.717, 1.165) is 19.6 Å². The second-order valence-electron chi connectivity index (χ2n) is 4.69. The summed E-state index contributed by atoms with van der Waals surface area (Å²) in [6, 6.07) is 3.89. The van der Waals surface area contributed by atoms with Crippen molar-refractivity contribution in [1.82, 2.24) is 4.90 Å². The second-order valence-corrected chi connectivity index (χ2v) is 4.69. The minimum Gasteiger partial charge on any atom is -0.478 e. The van der Waals surface area contributed by atoms with Crippen LogP contribution in [-0.2, 0) is 0 Å². The summed E-state index contributed by atoms with van der Waals surface area (Å²) in [5.74, 6) is -1.06. The number of likely N-dealkylation sites (N-methyl/N-ethyl adjacent to an activating group) is 1. The number of non-ortho nitro benzene ring substituents is 1. The summed E-state index contributed by atoms with van der Waals surface area (Å²) in [7, 11) is 0. The Balaban J connectivity index is 2.31. The zero-order chi connectivity index (χ0) is 14.7. The van der Waals surface area contributed by atoms with Gasteiger partial charge in [-0.05, 0) is 12.6 Å². The molecule has 1 aliphatic rings. The molecule has 2 rings (SSSR count). The molecule has 0 saturated carbocycles. The molecule has 0 unspecified atom stereocenters. The molecule has 1 fully saturated rings. The van der Waals surface area contributed by atoms with Crippen molar-refractivity contribution in [3.05, 3.63) is 33.9 Å². The Kier molecular flexibility index (Phi) is 4.19. The Bertz CT molecular complexity index is 524. The van der Waals surface area contributed by atoms with Crippen molar-refractivity contribution in [2.24, 2.45) is 0 Å². The molecule has 1 aromatic rings. The first kappa shape index (κ1) is 14.3. The number of hydrogen-bond donors (Lipinski definition) is 1. The lowest BCUT2D eigenvalue weighted by Gasteiger charge is -2.35. The van der Waals surface area contributed by atoms with Gasteiger partial charge in [0.1, 0.15) is 0 Å². The molecule has 0 spiro atoms. The largest absolute Gasteiger partial charge is 0.478 e. The summed E-state index contributed by atoms with van der Waals surface area (Å²) in [6.07, 6.45) is 0. The Hall–Kier alpha value is -2.15. The number of nitrogens with zero attached hydrogens (tertiary/aromatic N) is 3. The summed E-state index contributed by atoms with van der Waals surface area (Å²) in [6.45, 7) is 6.04. The fraction of sp³-hybridized carbons (Fsp3) is 0.462. The summed E-state index contributed by atoms with van der Waals surface area (Å²) >= 11 is 0. The number of carbonyl (C=O) groups is 1. The van der Waals surface area contributed by atoms with E-state index in [2.05, 4.69) is 11.8 Å². The standard InChI is InChI=1S/C13H17N3O4/c1-2-14-5-7-15(8-6-14)12-9-10(16(19)20)3-4-11(12)13(17)18/h3-4,9H,2,5-8H2,1H3,(H,17,18). The third-order valence-electron chi connectivity index (χ3n) is 3.58. The summed E-state index contributed by atoms with van der Waals surface area (Å²) < 4.78 is 0. The normalized spacial score (nSPS) is 16.1. The van der Waals surface area contributed by atoms with E-state index in [-0.39, 0.29) is 11.3 Å². The predicted octanol–water partition coefficient (Wildman–Crippen LogP) is 1.43. The van der Waals surface area contributed by atoms with Crippen LogP contribution in [0.3, 0.4) is 0 Å². The van der Waals surface area contributed by atoms with Gasteiger partial charge in [0.25, 0.3) is 5.69 Å². The molecule has 1 saturated heterocycles. The molecular formula is C13H17N3O4. The van der Waals surface area contributed by atoms with E-state index in [4.69, 9.17) is 0 Å². The van der Waals surface area contributed by atoms with Crippen LogP contribution >= 0.6 is 0 Å². The van der Waals surface area contributed by atoms with Gasteiger partial charge >= 0.3 is 5.97 Å². The molecule has 0 aromatic heterocycles. The van der Waals surface area contributed by atoms with Crippen LogP contribution in [0.25, 0.3) is 0 Å². The molecule has 0 amide bonds. The average molecular weight is 279 g/mol. The van der Waals surface area contributed by atoms with Gasteiger partial charge in [-0.3, -0.25) is 10.1 Å². The van der Waals surface area contributed by atoms with Crippen molar-refractivity contribution in [3.63, 3.8) is 0 Å². The fourth-order valence-corrected chi connectivity index (χ4v) is 2.38. The van der Waals surface area contributed by atoms with Crippen molar-refractivity contribution in [1.29, 1.82) is 0 Å². The van der Waals surface area contributed by atoms with Crippen LogP contribution in [0.4, 0.5) is 11.4 Å². The smallest absolute Gasteiger partial charge is 0.337 e. The van der Waals surface area contributed by atoms with E-state index in [0.29, 0.717) is 18.8 Å². The molecule has 0 aliphatic carbocycles. The van der Waals surface area contributed by atoms with E-state index < -0.39 is 10.9 Å². The first-order valence-electron chi connectivity index (χ1n) is 6.52. The number of carboxylic acids is 1. The number of aromatic carboxylic acids is 1. The number of rotatable bonds is 4. The maximum absolute atomic E-state index is 11.3. The van der Waals surface area contributed by atoms with Gasteiger partial charge in [-0.15, -0.1) is 0 Å². The van der Waals surface area contributed by atoms with E-state index in [1.54, 1.807) is 0 Å². The number of carboxylic acid groups (broad SMARTS) is 1. The van der Waals surface area contributed by atoms with Crippen LogP contribution in [0.15, 0.2) is 18.2 Å². The number of nitro benzene ring substituents is 1. The first-order valence-corrected chi connectivity index (χ1v) is 6.52. The molecule has 20 heavy (non-hydrogen) atoms. The van der Waals surface area contributed by atoms with Gasteiger partial charge in [-0.1, -0.05) is 6.92 Å². The highest BCUT2D eigenvalue weighted by molar-refractivity contribution is 5.95. The molecule has 1 heterocycles. The first-order chi connectivity index (χ1) is 9.52. The highest BCUT2D eigenvalue weighted by Gasteiger charge is 2.23. The van der Waals surface area contributed by atoms with Crippen LogP contribution in [-0.4, -0.2) is 53.6 Å². The number of anilines is 1. The van der Waals surface area contributed by atoms with Crippen molar-refractivity contribution in [3.8, 4) is 0 Å². The quantitative estimate of drug-likeness (QED) is 0.662. The summed E-state index contributed by atoms with van der Waals surface area (Å²) in [4.78, 5) is 25.8. The van der Waals surface area contributed by atoms with Gasteiger partial charge in [0, 0.05) is 38.3 Å². The minimum atomic E-state index is -1.06. The van der Waals surface area contributed by atoms with Crippen LogP contribution in [0.5, 0.6) is 0 Å². The van der Waals surface area contributed by atoms with Gasteiger partial charge in [0.2, 0.25) is 0 Å². The minimum absolute atomic E-state index is 0.0806. The van der Waals surface area contributed by atoms with E-state index in [9.17, 15) is 20.0 Å². The Morgan fingerprint density at radius 2 is 2.00 bits per heavy atom. The summed E-state index contributed by atoms with van der Waals surface area (Å²) in [5, 5.41) is 20.1. The lowest BCUT2D eigenvalue weighted by Crippen LogP contribution is -2.46. The zero-order valence-electron chi connectivity index (χ0n) is 11.3. The highest BCUT2D eigenvalue weighted by Crippen LogP contribution is 2.27. The predicted molar refractivity (Wildman–Crippen MR) is 74.4 cm³/mol. The van der Waals surface area contributed by atoms with Crippen LogP contribution in [0.2, 0.25) is 0 Å². The van der Waals surface area contributed by atoms with Gasteiger partial charge in [-0.25, -0.2) is 4.79 Å². The van der Waals surface area contributed by atoms with Crippen LogP contribution in [0, 0.1) is 10.1 Å². The average Bonchev–Trinajstić information content (AvgIpc) is 2.46. The second kappa shape index (κ2) is 5.87. The molecule has 0 radical (unpaired) electrons. The molecule has 1 aliphatic heterocycles. The Morgan fingerprint density at radius 3 is 2.50 bits per heavy atom. The number of piperazine rings is 1. The molecule has 108 valence electrons. The van der Waals surface area contributed by atoms with Crippen molar-refractivity contribution in [2.45, 2.75) is 6.92 Å². The third-order valence-corrected chi connectivity index (χ3v) is 3.58. The number of nitro groups is 1. The van der Waals surface area contributed by atoms with Gasteiger partial charge in [0.15, 0.2) is 0 Å².